The van der Waals surface area contributed by atoms with E-state index >= 15 is 0 Å². The minimum absolute atomic E-state index is 0.0172. The van der Waals surface area contributed by atoms with Crippen LogP contribution in [0.5, 0.6) is 0 Å². The molecule has 0 radical (unpaired) electrons. The van der Waals surface area contributed by atoms with Crippen LogP contribution in [0.4, 0.5) is 5.69 Å². The van der Waals surface area contributed by atoms with Gasteiger partial charge in [-0.3, -0.25) is 10.1 Å². The van der Waals surface area contributed by atoms with Gasteiger partial charge in [-0.05, 0) is 12.1 Å². The predicted molar refractivity (Wildman–Crippen MR) is 52.3 cm³/mol. The van der Waals surface area contributed by atoms with Crippen LogP contribution in [0.2, 0.25) is 5.02 Å². The first kappa shape index (κ1) is 10.7. The summed E-state index contributed by atoms with van der Waals surface area (Å²) in [5.41, 5.74) is -0.288. The highest BCUT2D eigenvalue weighted by molar-refractivity contribution is 6.70. The molecule has 0 atom stereocenters. The number of hydrogen-bond donors (Lipinski definition) is 1. The van der Waals surface area contributed by atoms with E-state index in [-0.39, 0.29) is 21.4 Å². The average molecular weight is 235 g/mol. The zero-order valence-corrected chi connectivity index (χ0v) is 8.16. The largest absolute Gasteiger partial charge is 0.410 e. The lowest BCUT2D eigenvalue weighted by Crippen LogP contribution is -1.99. The predicted octanol–water partition coefficient (Wildman–Crippen LogP) is 2.62. The van der Waals surface area contributed by atoms with Crippen molar-refractivity contribution < 1.29 is 10.1 Å². The molecule has 14 heavy (non-hydrogen) atoms. The van der Waals surface area contributed by atoms with Gasteiger partial charge in [0.1, 0.15) is 0 Å². The van der Waals surface area contributed by atoms with Gasteiger partial charge >= 0.3 is 0 Å². The SMILES string of the molecule is O=[N+]([O-])c1cc(Cl)ccc1C(Cl)=NO. The molecule has 1 N–H and O–H groups in total. The Bertz CT molecular complexity index is 406. The Morgan fingerprint density at radius 1 is 1.57 bits per heavy atom. The monoisotopic (exact) mass is 234 g/mol. The summed E-state index contributed by atoms with van der Waals surface area (Å²) < 4.78 is 0. The van der Waals surface area contributed by atoms with E-state index in [1.54, 1.807) is 0 Å². The second-order valence-corrected chi connectivity index (χ2v) is 3.10. The Balaban J connectivity index is 3.36. The summed E-state index contributed by atoms with van der Waals surface area (Å²) in [5, 5.41) is 21.4. The maximum atomic E-state index is 10.5. The van der Waals surface area contributed by atoms with Crippen molar-refractivity contribution in [2.75, 3.05) is 0 Å². The molecule has 1 aromatic carbocycles. The molecule has 1 rings (SSSR count). The van der Waals surface area contributed by atoms with Crippen molar-refractivity contribution in [2.45, 2.75) is 0 Å². The summed E-state index contributed by atoms with van der Waals surface area (Å²) in [6.45, 7) is 0. The van der Waals surface area contributed by atoms with Crippen molar-refractivity contribution in [1.29, 1.82) is 0 Å². The quantitative estimate of drug-likeness (QED) is 0.370. The zero-order valence-electron chi connectivity index (χ0n) is 6.65. The number of hydrogen-bond acceptors (Lipinski definition) is 4. The summed E-state index contributed by atoms with van der Waals surface area (Å²) in [5.74, 6) is 0. The Hall–Kier alpha value is -1.33. The van der Waals surface area contributed by atoms with E-state index in [4.69, 9.17) is 28.4 Å². The molecular weight excluding hydrogens is 231 g/mol. The van der Waals surface area contributed by atoms with E-state index in [1.165, 1.54) is 12.1 Å². The maximum absolute atomic E-state index is 10.5. The third-order valence-corrected chi connectivity index (χ3v) is 1.98. The van der Waals surface area contributed by atoms with Crippen LogP contribution >= 0.6 is 23.2 Å². The van der Waals surface area contributed by atoms with E-state index in [1.807, 2.05) is 0 Å². The van der Waals surface area contributed by atoms with Crippen LogP contribution in [0.25, 0.3) is 0 Å². The number of nitro benzene ring substituents is 1. The molecule has 0 saturated heterocycles. The molecule has 0 spiro atoms. The van der Waals surface area contributed by atoms with E-state index < -0.39 is 4.92 Å². The number of benzene rings is 1. The number of nitro groups is 1. The van der Waals surface area contributed by atoms with Gasteiger partial charge in [-0.1, -0.05) is 28.4 Å². The van der Waals surface area contributed by atoms with Crippen molar-refractivity contribution in [1.82, 2.24) is 0 Å². The summed E-state index contributed by atoms with van der Waals surface area (Å²) in [6, 6.07) is 3.85. The van der Waals surface area contributed by atoms with Crippen LogP contribution in [0.3, 0.4) is 0 Å². The van der Waals surface area contributed by atoms with Gasteiger partial charge in [0.2, 0.25) is 0 Å². The topological polar surface area (TPSA) is 75.7 Å². The van der Waals surface area contributed by atoms with Crippen LogP contribution < -0.4 is 0 Å². The van der Waals surface area contributed by atoms with Gasteiger partial charge < -0.3 is 5.21 Å². The maximum Gasteiger partial charge on any atom is 0.281 e. The highest BCUT2D eigenvalue weighted by atomic mass is 35.5. The Morgan fingerprint density at radius 3 is 2.71 bits per heavy atom. The Morgan fingerprint density at radius 2 is 2.21 bits per heavy atom. The van der Waals surface area contributed by atoms with Gasteiger partial charge in [-0.25, -0.2) is 0 Å². The number of nitrogens with zero attached hydrogens (tertiary/aromatic N) is 2. The molecule has 0 saturated carbocycles. The molecule has 0 heterocycles. The first-order valence-corrected chi connectivity index (χ1v) is 4.13. The minimum Gasteiger partial charge on any atom is -0.410 e. The molecular formula is C7H4Cl2N2O3. The fraction of sp³-hybridized carbons (Fsp3) is 0. The van der Waals surface area contributed by atoms with Crippen molar-refractivity contribution in [2.24, 2.45) is 5.16 Å². The van der Waals surface area contributed by atoms with Gasteiger partial charge in [-0.2, -0.15) is 0 Å². The van der Waals surface area contributed by atoms with E-state index in [0.29, 0.717) is 0 Å². The molecule has 0 aliphatic heterocycles. The van der Waals surface area contributed by atoms with Crippen LogP contribution in [0.15, 0.2) is 23.4 Å². The summed E-state index contributed by atoms with van der Waals surface area (Å²) in [4.78, 5) is 9.89. The molecule has 1 aromatic rings. The lowest BCUT2D eigenvalue weighted by atomic mass is 10.2. The number of halogens is 2. The summed E-state index contributed by atoms with van der Waals surface area (Å²) in [7, 11) is 0. The first-order chi connectivity index (χ1) is 6.56. The lowest BCUT2D eigenvalue weighted by molar-refractivity contribution is -0.385. The zero-order chi connectivity index (χ0) is 10.7. The van der Waals surface area contributed by atoms with Crippen LogP contribution in [0.1, 0.15) is 5.56 Å². The van der Waals surface area contributed by atoms with Gasteiger partial charge in [-0.15, -0.1) is 0 Å². The van der Waals surface area contributed by atoms with Crippen molar-refractivity contribution in [3.8, 4) is 0 Å². The van der Waals surface area contributed by atoms with E-state index in [9.17, 15) is 10.1 Å². The molecule has 0 unspecified atom stereocenters. The Labute approximate surface area is 88.7 Å². The standard InChI is InChI=1S/C7H4Cl2N2O3/c8-4-1-2-5(7(9)10-12)6(3-4)11(13)14/h1-3,12H. The second kappa shape index (κ2) is 4.26. The smallest absolute Gasteiger partial charge is 0.281 e. The van der Waals surface area contributed by atoms with Gasteiger partial charge in [0.25, 0.3) is 5.69 Å². The summed E-state index contributed by atoms with van der Waals surface area (Å²) in [6.07, 6.45) is 0. The molecule has 7 heteroatoms. The highest BCUT2D eigenvalue weighted by Crippen LogP contribution is 2.24. The molecule has 0 aromatic heterocycles. The fourth-order valence-corrected chi connectivity index (χ4v) is 1.21. The van der Waals surface area contributed by atoms with Crippen molar-refractivity contribution in [3.63, 3.8) is 0 Å². The minimum atomic E-state index is -0.658. The fourth-order valence-electron chi connectivity index (χ4n) is 0.884. The number of oxime groups is 1. The highest BCUT2D eigenvalue weighted by Gasteiger charge is 2.17. The third-order valence-electron chi connectivity index (χ3n) is 1.47. The normalized spacial score (nSPS) is 11.4. The van der Waals surface area contributed by atoms with Crippen molar-refractivity contribution >= 4 is 34.1 Å². The Kier molecular flexibility index (Phi) is 3.27. The van der Waals surface area contributed by atoms with Gasteiger partial charge in [0, 0.05) is 11.1 Å². The summed E-state index contributed by atoms with van der Waals surface area (Å²) >= 11 is 11.0. The molecule has 0 aliphatic carbocycles. The second-order valence-electron chi connectivity index (χ2n) is 2.31. The van der Waals surface area contributed by atoms with Crippen LogP contribution in [-0.2, 0) is 0 Å². The van der Waals surface area contributed by atoms with Gasteiger partial charge in [0.15, 0.2) is 5.17 Å². The number of rotatable bonds is 2. The van der Waals surface area contributed by atoms with Crippen molar-refractivity contribution in [3.05, 3.63) is 38.9 Å². The molecule has 0 fully saturated rings. The first-order valence-electron chi connectivity index (χ1n) is 3.38. The van der Waals surface area contributed by atoms with E-state index in [0.717, 1.165) is 6.07 Å². The third kappa shape index (κ3) is 2.12. The van der Waals surface area contributed by atoms with Crippen LogP contribution in [-0.4, -0.2) is 15.3 Å². The lowest BCUT2D eigenvalue weighted by Gasteiger charge is -1.99. The molecule has 0 aliphatic rings. The molecule has 0 amide bonds. The van der Waals surface area contributed by atoms with Gasteiger partial charge in [0.05, 0.1) is 10.5 Å². The molecule has 0 bridgehead atoms. The average Bonchev–Trinajstić information content (AvgIpc) is 2.16. The molecule has 5 nitrogen and oxygen atoms in total. The van der Waals surface area contributed by atoms with Crippen LogP contribution in [0, 0.1) is 10.1 Å². The van der Waals surface area contributed by atoms with E-state index in [2.05, 4.69) is 5.16 Å². The molecule has 74 valence electrons.